The average Bonchev–Trinajstić information content (AvgIpc) is 2.50. The van der Waals surface area contributed by atoms with E-state index in [0.29, 0.717) is 13.3 Å². The van der Waals surface area contributed by atoms with Crippen LogP contribution in [0.15, 0.2) is 24.3 Å². The molecule has 1 aromatic rings. The van der Waals surface area contributed by atoms with Crippen LogP contribution in [-0.4, -0.2) is 25.0 Å². The van der Waals surface area contributed by atoms with E-state index in [0.717, 1.165) is 11.4 Å². The number of rotatable bonds is 2. The summed E-state index contributed by atoms with van der Waals surface area (Å²) < 4.78 is 5.38. The summed E-state index contributed by atoms with van der Waals surface area (Å²) in [6.07, 6.45) is 0. The highest BCUT2D eigenvalue weighted by Crippen LogP contribution is 2.32. The Morgan fingerprint density at radius 2 is 2.25 bits per heavy atom. The first-order valence-corrected chi connectivity index (χ1v) is 3.99. The van der Waals surface area contributed by atoms with E-state index >= 15 is 0 Å². The van der Waals surface area contributed by atoms with Gasteiger partial charge in [0.05, 0.1) is 12.3 Å². The number of para-hydroxylation sites is 2. The van der Waals surface area contributed by atoms with Crippen molar-refractivity contribution in [3.8, 4) is 5.75 Å². The molecule has 3 nitrogen and oxygen atoms in total. The Morgan fingerprint density at radius 1 is 1.42 bits per heavy atom. The first-order chi connectivity index (χ1) is 5.92. The van der Waals surface area contributed by atoms with E-state index < -0.39 is 0 Å². The molecule has 1 aliphatic heterocycles. The predicted molar refractivity (Wildman–Crippen MR) is 46.4 cm³/mol. The number of ether oxygens (including phenoxy) is 1. The number of benzene rings is 1. The van der Waals surface area contributed by atoms with Gasteiger partial charge in [-0.3, -0.25) is 0 Å². The molecular weight excluding hydrogens is 154 g/mol. The van der Waals surface area contributed by atoms with Gasteiger partial charge in [-0.15, -0.1) is 0 Å². The van der Waals surface area contributed by atoms with Crippen molar-refractivity contribution in [2.24, 2.45) is 0 Å². The topological polar surface area (TPSA) is 32.7 Å². The average molecular weight is 165 g/mol. The van der Waals surface area contributed by atoms with Crippen molar-refractivity contribution < 1.29 is 9.84 Å². The monoisotopic (exact) mass is 165 g/mol. The van der Waals surface area contributed by atoms with E-state index in [-0.39, 0.29) is 6.61 Å². The van der Waals surface area contributed by atoms with E-state index in [2.05, 4.69) is 0 Å². The predicted octanol–water partition coefficient (Wildman–Crippen LogP) is 0.835. The summed E-state index contributed by atoms with van der Waals surface area (Å²) in [6, 6.07) is 7.85. The molecule has 0 saturated carbocycles. The lowest BCUT2D eigenvalue weighted by atomic mass is 10.3. The number of β-amino-alcohol motifs (C(OH)–C–C–N with tert-alkyl or cyclic N) is 1. The molecule has 0 bridgehead atoms. The first-order valence-electron chi connectivity index (χ1n) is 3.99. The number of aliphatic hydroxyl groups excluding tert-OH is 1. The van der Waals surface area contributed by atoms with Gasteiger partial charge in [-0.25, -0.2) is 0 Å². The number of hydrogen-bond acceptors (Lipinski definition) is 3. The zero-order chi connectivity index (χ0) is 8.39. The molecule has 0 unspecified atom stereocenters. The molecule has 64 valence electrons. The molecule has 0 saturated heterocycles. The largest absolute Gasteiger partial charge is 0.471 e. The Morgan fingerprint density at radius 3 is 3.08 bits per heavy atom. The lowest BCUT2D eigenvalue weighted by molar-refractivity contribution is 0.285. The fraction of sp³-hybridized carbons (Fsp3) is 0.333. The van der Waals surface area contributed by atoms with Crippen molar-refractivity contribution in [1.82, 2.24) is 0 Å². The fourth-order valence-corrected chi connectivity index (χ4v) is 1.36. The van der Waals surface area contributed by atoms with E-state index in [1.54, 1.807) is 0 Å². The molecule has 0 aromatic heterocycles. The molecular formula is C9H11NO2. The molecule has 0 atom stereocenters. The van der Waals surface area contributed by atoms with E-state index in [1.165, 1.54) is 0 Å². The van der Waals surface area contributed by atoms with Gasteiger partial charge in [-0.05, 0) is 12.1 Å². The Hall–Kier alpha value is -1.22. The van der Waals surface area contributed by atoms with Gasteiger partial charge in [0.2, 0.25) is 0 Å². The van der Waals surface area contributed by atoms with E-state index in [9.17, 15) is 0 Å². The van der Waals surface area contributed by atoms with Gasteiger partial charge in [0, 0.05) is 6.54 Å². The normalized spacial score (nSPS) is 14.2. The Labute approximate surface area is 71.2 Å². The maximum Gasteiger partial charge on any atom is 0.161 e. The summed E-state index contributed by atoms with van der Waals surface area (Å²) in [5.41, 5.74) is 1.08. The Bertz CT molecular complexity index is 273. The maximum absolute atomic E-state index is 8.76. The lowest BCUT2D eigenvalue weighted by Crippen LogP contribution is -2.25. The molecule has 0 fully saturated rings. The van der Waals surface area contributed by atoms with Crippen LogP contribution in [0.2, 0.25) is 0 Å². The van der Waals surface area contributed by atoms with Crippen LogP contribution >= 0.6 is 0 Å². The van der Waals surface area contributed by atoms with Crippen LogP contribution in [0.1, 0.15) is 0 Å². The molecule has 1 aliphatic rings. The third-order valence-corrected chi connectivity index (χ3v) is 1.95. The van der Waals surface area contributed by atoms with Crippen molar-refractivity contribution in [2.45, 2.75) is 0 Å². The minimum Gasteiger partial charge on any atom is -0.471 e. The van der Waals surface area contributed by atoms with Crippen molar-refractivity contribution in [1.29, 1.82) is 0 Å². The number of fused-ring (bicyclic) bond motifs is 1. The van der Waals surface area contributed by atoms with Gasteiger partial charge in [-0.2, -0.15) is 0 Å². The summed E-state index contributed by atoms with van der Waals surface area (Å²) in [5.74, 6) is 0.908. The summed E-state index contributed by atoms with van der Waals surface area (Å²) in [5, 5.41) is 8.76. The van der Waals surface area contributed by atoms with Crippen molar-refractivity contribution >= 4 is 5.69 Å². The summed E-state index contributed by atoms with van der Waals surface area (Å²) >= 11 is 0. The van der Waals surface area contributed by atoms with Crippen LogP contribution in [0.4, 0.5) is 5.69 Å². The van der Waals surface area contributed by atoms with Crippen LogP contribution in [0, 0.1) is 0 Å². The smallest absolute Gasteiger partial charge is 0.161 e. The van der Waals surface area contributed by atoms with Crippen LogP contribution < -0.4 is 9.64 Å². The quantitative estimate of drug-likeness (QED) is 0.704. The first kappa shape index (κ1) is 7.43. The molecule has 0 amide bonds. The van der Waals surface area contributed by atoms with Gasteiger partial charge < -0.3 is 14.7 Å². The van der Waals surface area contributed by atoms with Crippen LogP contribution in [0.5, 0.6) is 5.75 Å². The molecule has 2 rings (SSSR count). The number of hydrogen-bond donors (Lipinski definition) is 1. The highest BCUT2D eigenvalue weighted by Gasteiger charge is 2.18. The van der Waals surface area contributed by atoms with E-state index in [1.807, 2.05) is 29.2 Å². The Balaban J connectivity index is 2.24. The second-order valence-electron chi connectivity index (χ2n) is 2.73. The minimum absolute atomic E-state index is 0.164. The van der Waals surface area contributed by atoms with Gasteiger partial charge in [0.15, 0.2) is 6.73 Å². The number of nitrogens with zero attached hydrogens (tertiary/aromatic N) is 1. The standard InChI is InChI=1S/C9H11NO2/c11-6-5-10-7-12-9-4-2-1-3-8(9)10/h1-4,11H,5-7H2. The number of aliphatic hydroxyl groups is 1. The van der Waals surface area contributed by atoms with Gasteiger partial charge in [0.1, 0.15) is 5.75 Å². The molecule has 1 heterocycles. The van der Waals surface area contributed by atoms with Crippen LogP contribution in [0.25, 0.3) is 0 Å². The highest BCUT2D eigenvalue weighted by atomic mass is 16.5. The molecule has 1 aromatic carbocycles. The van der Waals surface area contributed by atoms with Gasteiger partial charge >= 0.3 is 0 Å². The summed E-state index contributed by atoms with van der Waals surface area (Å²) in [7, 11) is 0. The molecule has 0 aliphatic carbocycles. The van der Waals surface area contributed by atoms with Gasteiger partial charge in [0.25, 0.3) is 0 Å². The van der Waals surface area contributed by atoms with Crippen LogP contribution in [-0.2, 0) is 0 Å². The molecule has 12 heavy (non-hydrogen) atoms. The second kappa shape index (κ2) is 3.03. The van der Waals surface area contributed by atoms with E-state index in [4.69, 9.17) is 9.84 Å². The van der Waals surface area contributed by atoms with Crippen molar-refractivity contribution in [3.05, 3.63) is 24.3 Å². The molecule has 0 radical (unpaired) electrons. The summed E-state index contributed by atoms with van der Waals surface area (Å²) in [6.45, 7) is 1.36. The third-order valence-electron chi connectivity index (χ3n) is 1.95. The lowest BCUT2D eigenvalue weighted by Gasteiger charge is -2.13. The second-order valence-corrected chi connectivity index (χ2v) is 2.73. The molecule has 1 N–H and O–H groups in total. The fourth-order valence-electron chi connectivity index (χ4n) is 1.36. The Kier molecular flexibility index (Phi) is 1.87. The van der Waals surface area contributed by atoms with Crippen molar-refractivity contribution in [2.75, 3.05) is 24.8 Å². The zero-order valence-corrected chi connectivity index (χ0v) is 6.73. The SMILES string of the molecule is OCCN1COc2ccccc21. The van der Waals surface area contributed by atoms with Crippen molar-refractivity contribution in [3.63, 3.8) is 0 Å². The van der Waals surface area contributed by atoms with Crippen LogP contribution in [0.3, 0.4) is 0 Å². The highest BCUT2D eigenvalue weighted by molar-refractivity contribution is 5.60. The molecule has 3 heteroatoms. The van der Waals surface area contributed by atoms with Gasteiger partial charge in [-0.1, -0.05) is 12.1 Å². The zero-order valence-electron chi connectivity index (χ0n) is 6.73. The third kappa shape index (κ3) is 1.12. The minimum atomic E-state index is 0.164. The summed E-state index contributed by atoms with van der Waals surface area (Å²) in [4.78, 5) is 2.01. The molecule has 0 spiro atoms. The maximum atomic E-state index is 8.76. The number of anilines is 1.